The van der Waals surface area contributed by atoms with Crippen molar-refractivity contribution in [2.75, 3.05) is 10.6 Å². The topological polar surface area (TPSA) is 24.1 Å². The van der Waals surface area contributed by atoms with Gasteiger partial charge >= 0.3 is 0 Å². The summed E-state index contributed by atoms with van der Waals surface area (Å²) in [5.41, 5.74) is 3.25. The Balaban J connectivity index is 2.03. The molecule has 0 fully saturated rings. The van der Waals surface area contributed by atoms with Crippen LogP contribution in [-0.2, 0) is 0 Å². The maximum absolute atomic E-state index is 5.33. The largest absolute Gasteiger partial charge is 0.332 e. The zero-order chi connectivity index (χ0) is 14.5. The van der Waals surface area contributed by atoms with Crippen molar-refractivity contribution in [1.29, 1.82) is 0 Å². The maximum Gasteiger partial charge on any atom is 0.175 e. The van der Waals surface area contributed by atoms with Gasteiger partial charge < -0.3 is 10.6 Å². The van der Waals surface area contributed by atoms with E-state index in [1.165, 1.54) is 5.56 Å². The van der Waals surface area contributed by atoms with Crippen molar-refractivity contribution < 1.29 is 0 Å². The van der Waals surface area contributed by atoms with E-state index in [0.717, 1.165) is 15.8 Å². The molecule has 0 aliphatic carbocycles. The number of thiocarbonyl (C=S) groups is 1. The van der Waals surface area contributed by atoms with Gasteiger partial charge in [0.1, 0.15) is 0 Å². The molecule has 0 heterocycles. The summed E-state index contributed by atoms with van der Waals surface area (Å²) in [6.07, 6.45) is 0. The minimum Gasteiger partial charge on any atom is -0.332 e. The molecule has 104 valence electrons. The second-order valence-corrected chi connectivity index (χ2v) is 6.19. The highest BCUT2D eigenvalue weighted by atomic mass is 79.9. The Morgan fingerprint density at radius 1 is 1.00 bits per heavy atom. The van der Waals surface area contributed by atoms with Gasteiger partial charge in [-0.2, -0.15) is 0 Å². The molecule has 0 saturated heterocycles. The van der Waals surface area contributed by atoms with Crippen LogP contribution in [0.3, 0.4) is 0 Å². The Hall–Kier alpha value is -1.39. The Kier molecular flexibility index (Phi) is 5.15. The van der Waals surface area contributed by atoms with Crippen LogP contribution >= 0.6 is 28.1 Å². The van der Waals surface area contributed by atoms with Gasteiger partial charge in [-0.05, 0) is 54.0 Å². The molecule has 0 atom stereocenters. The van der Waals surface area contributed by atoms with E-state index in [2.05, 4.69) is 52.5 Å². The summed E-state index contributed by atoms with van der Waals surface area (Å²) in [4.78, 5) is 0. The molecule has 0 amide bonds. The molecule has 0 radical (unpaired) electrons. The first-order chi connectivity index (χ1) is 9.54. The monoisotopic (exact) mass is 348 g/mol. The molecule has 0 bridgehead atoms. The molecule has 0 aliphatic rings. The summed E-state index contributed by atoms with van der Waals surface area (Å²) >= 11 is 8.77. The van der Waals surface area contributed by atoms with Crippen LogP contribution in [0.2, 0.25) is 0 Å². The summed E-state index contributed by atoms with van der Waals surface area (Å²) in [7, 11) is 0. The second-order valence-electron chi connectivity index (χ2n) is 4.87. The molecule has 0 aromatic heterocycles. The third-order valence-electron chi connectivity index (χ3n) is 2.89. The molecule has 20 heavy (non-hydrogen) atoms. The van der Waals surface area contributed by atoms with Gasteiger partial charge in [-0.3, -0.25) is 0 Å². The summed E-state index contributed by atoms with van der Waals surface area (Å²) in [6.45, 7) is 4.36. The zero-order valence-electron chi connectivity index (χ0n) is 11.5. The van der Waals surface area contributed by atoms with E-state index in [4.69, 9.17) is 12.2 Å². The van der Waals surface area contributed by atoms with Crippen molar-refractivity contribution in [2.24, 2.45) is 0 Å². The number of benzene rings is 2. The number of halogens is 1. The van der Waals surface area contributed by atoms with Crippen molar-refractivity contribution >= 4 is 44.6 Å². The molecule has 0 spiro atoms. The smallest absolute Gasteiger partial charge is 0.175 e. The summed E-state index contributed by atoms with van der Waals surface area (Å²) in [5.74, 6) is 0.503. The van der Waals surface area contributed by atoms with E-state index < -0.39 is 0 Å². The number of anilines is 2. The summed E-state index contributed by atoms with van der Waals surface area (Å²) in [5, 5.41) is 6.97. The molecular formula is C16H17BrN2S. The van der Waals surface area contributed by atoms with Gasteiger partial charge in [0.15, 0.2) is 5.11 Å². The molecule has 0 aliphatic heterocycles. The lowest BCUT2D eigenvalue weighted by atomic mass is 10.0. The third kappa shape index (κ3) is 4.32. The highest BCUT2D eigenvalue weighted by Gasteiger charge is 2.02. The quantitative estimate of drug-likeness (QED) is 0.728. The van der Waals surface area contributed by atoms with Crippen LogP contribution in [0, 0.1) is 0 Å². The van der Waals surface area contributed by atoms with E-state index in [0.29, 0.717) is 11.0 Å². The Morgan fingerprint density at radius 2 is 1.60 bits per heavy atom. The van der Waals surface area contributed by atoms with E-state index in [-0.39, 0.29) is 0 Å². The molecular weight excluding hydrogens is 332 g/mol. The van der Waals surface area contributed by atoms with Crippen molar-refractivity contribution in [2.45, 2.75) is 19.8 Å². The average molecular weight is 349 g/mol. The molecule has 0 saturated carbocycles. The number of nitrogens with one attached hydrogen (secondary N) is 2. The lowest BCUT2D eigenvalue weighted by Gasteiger charge is -2.13. The van der Waals surface area contributed by atoms with Crippen LogP contribution in [0.25, 0.3) is 0 Å². The Morgan fingerprint density at radius 3 is 2.20 bits per heavy atom. The van der Waals surface area contributed by atoms with Crippen molar-refractivity contribution in [3.63, 3.8) is 0 Å². The van der Waals surface area contributed by atoms with Gasteiger partial charge in [0.2, 0.25) is 0 Å². The van der Waals surface area contributed by atoms with Crippen molar-refractivity contribution in [3.05, 3.63) is 58.6 Å². The molecule has 4 heteroatoms. The van der Waals surface area contributed by atoms with E-state index >= 15 is 0 Å². The first-order valence-electron chi connectivity index (χ1n) is 6.48. The third-order valence-corrected chi connectivity index (χ3v) is 3.59. The zero-order valence-corrected chi connectivity index (χ0v) is 13.9. The lowest BCUT2D eigenvalue weighted by molar-refractivity contribution is 0.867. The predicted molar refractivity (Wildman–Crippen MR) is 94.5 cm³/mol. The number of hydrogen-bond acceptors (Lipinski definition) is 1. The average Bonchev–Trinajstić information content (AvgIpc) is 2.38. The summed E-state index contributed by atoms with van der Waals surface area (Å²) < 4.78 is 1.02. The lowest BCUT2D eigenvalue weighted by Crippen LogP contribution is -2.19. The molecule has 2 rings (SSSR count). The van der Waals surface area contributed by atoms with Crippen LogP contribution in [0.5, 0.6) is 0 Å². The van der Waals surface area contributed by atoms with Crippen LogP contribution < -0.4 is 10.6 Å². The Labute approximate surface area is 133 Å². The molecule has 0 unspecified atom stereocenters. The number of hydrogen-bond donors (Lipinski definition) is 2. The first kappa shape index (κ1) is 15.0. The van der Waals surface area contributed by atoms with Gasteiger partial charge in [0, 0.05) is 15.8 Å². The fourth-order valence-electron chi connectivity index (χ4n) is 1.84. The highest BCUT2D eigenvalue weighted by Crippen LogP contribution is 2.19. The standard InChI is InChI=1S/C16H17BrN2S/c1-11(2)12-5-3-7-14(9-12)18-16(20)19-15-8-4-6-13(17)10-15/h3-11H,1-2H3,(H2,18,19,20). The minimum absolute atomic E-state index is 0.503. The fraction of sp³-hybridized carbons (Fsp3) is 0.188. The molecule has 2 aromatic carbocycles. The van der Waals surface area contributed by atoms with Gasteiger partial charge in [-0.25, -0.2) is 0 Å². The van der Waals surface area contributed by atoms with E-state index in [1.54, 1.807) is 0 Å². The summed E-state index contributed by atoms with van der Waals surface area (Å²) in [6, 6.07) is 16.2. The Bertz CT molecular complexity index is 611. The van der Waals surface area contributed by atoms with E-state index in [1.807, 2.05) is 36.4 Å². The van der Waals surface area contributed by atoms with Crippen molar-refractivity contribution in [1.82, 2.24) is 0 Å². The van der Waals surface area contributed by atoms with Gasteiger partial charge in [0.05, 0.1) is 0 Å². The van der Waals surface area contributed by atoms with Crippen molar-refractivity contribution in [3.8, 4) is 0 Å². The minimum atomic E-state index is 0.503. The molecule has 2 aromatic rings. The van der Waals surface area contributed by atoms with Gasteiger partial charge in [0.25, 0.3) is 0 Å². The number of rotatable bonds is 3. The van der Waals surface area contributed by atoms with Crippen LogP contribution in [-0.4, -0.2) is 5.11 Å². The fourth-order valence-corrected chi connectivity index (χ4v) is 2.47. The van der Waals surface area contributed by atoms with Gasteiger partial charge in [-0.15, -0.1) is 0 Å². The van der Waals surface area contributed by atoms with Crippen LogP contribution in [0.4, 0.5) is 11.4 Å². The molecule has 2 nitrogen and oxygen atoms in total. The highest BCUT2D eigenvalue weighted by molar-refractivity contribution is 9.10. The van der Waals surface area contributed by atoms with Gasteiger partial charge in [-0.1, -0.05) is 48.0 Å². The van der Waals surface area contributed by atoms with Crippen LogP contribution in [0.1, 0.15) is 25.3 Å². The maximum atomic E-state index is 5.33. The predicted octanol–water partition coefficient (Wildman–Crippen LogP) is 5.38. The first-order valence-corrected chi connectivity index (χ1v) is 7.68. The van der Waals surface area contributed by atoms with E-state index in [9.17, 15) is 0 Å². The second kappa shape index (κ2) is 6.86. The SMILES string of the molecule is CC(C)c1cccc(NC(=S)Nc2cccc(Br)c2)c1. The molecule has 2 N–H and O–H groups in total. The van der Waals surface area contributed by atoms with Crippen LogP contribution in [0.15, 0.2) is 53.0 Å². The normalized spacial score (nSPS) is 10.4.